The molecular weight excluding hydrogens is 358 g/mol. The number of fused-ring (bicyclic) bond motifs is 2. The Hall–Kier alpha value is -2.26. The van der Waals surface area contributed by atoms with E-state index in [4.69, 9.17) is 9.84 Å². The van der Waals surface area contributed by atoms with Crippen LogP contribution in [0.4, 0.5) is 0 Å². The highest BCUT2D eigenvalue weighted by molar-refractivity contribution is 7.20. The minimum Gasteiger partial charge on any atom is -0.479 e. The van der Waals surface area contributed by atoms with Crippen LogP contribution in [-0.4, -0.2) is 46.3 Å². The van der Waals surface area contributed by atoms with Gasteiger partial charge in [-0.05, 0) is 25.3 Å². The van der Waals surface area contributed by atoms with Crippen LogP contribution in [0.25, 0.3) is 10.2 Å². The summed E-state index contributed by atoms with van der Waals surface area (Å²) in [5, 5.41) is 12.0. The van der Waals surface area contributed by atoms with Crippen molar-refractivity contribution < 1.29 is 19.4 Å². The quantitative estimate of drug-likeness (QED) is 0.811. The third-order valence-electron chi connectivity index (χ3n) is 4.63. The summed E-state index contributed by atoms with van der Waals surface area (Å²) in [6.07, 6.45) is 2.67. The van der Waals surface area contributed by atoms with Crippen LogP contribution in [0.3, 0.4) is 0 Å². The zero-order valence-electron chi connectivity index (χ0n) is 14.7. The second-order valence-electron chi connectivity index (χ2n) is 6.30. The lowest BCUT2D eigenvalue weighted by Crippen LogP contribution is -2.37. The number of aromatic nitrogens is 2. The molecule has 2 N–H and O–H groups in total. The van der Waals surface area contributed by atoms with Crippen LogP contribution in [0.1, 0.15) is 40.3 Å². The maximum atomic E-state index is 12.9. The van der Waals surface area contributed by atoms with E-state index in [-0.39, 0.29) is 12.1 Å². The van der Waals surface area contributed by atoms with Crippen molar-refractivity contribution in [2.45, 2.75) is 45.3 Å². The van der Waals surface area contributed by atoms with Crippen molar-refractivity contribution in [3.05, 3.63) is 26.6 Å². The molecule has 0 saturated heterocycles. The summed E-state index contributed by atoms with van der Waals surface area (Å²) in [7, 11) is 1.27. The van der Waals surface area contributed by atoms with Gasteiger partial charge in [-0.25, -0.2) is 9.78 Å². The summed E-state index contributed by atoms with van der Waals surface area (Å²) < 4.78 is 6.53. The molecule has 9 heteroatoms. The number of hydrogen-bond donors (Lipinski definition) is 2. The molecule has 0 bridgehead atoms. The molecule has 1 aliphatic heterocycles. The first-order chi connectivity index (χ1) is 12.4. The molecule has 0 aliphatic carbocycles. The van der Waals surface area contributed by atoms with E-state index in [1.165, 1.54) is 18.4 Å². The molecule has 26 heavy (non-hydrogen) atoms. The number of carboxylic acids is 1. The molecule has 0 fully saturated rings. The monoisotopic (exact) mass is 379 g/mol. The second kappa shape index (κ2) is 7.55. The van der Waals surface area contributed by atoms with Gasteiger partial charge in [0.15, 0.2) is 6.10 Å². The Bertz CT molecular complexity index is 917. The predicted molar refractivity (Wildman–Crippen MR) is 96.9 cm³/mol. The Labute approximate surface area is 153 Å². The van der Waals surface area contributed by atoms with Crippen LogP contribution in [-0.2, 0) is 22.5 Å². The molecule has 1 unspecified atom stereocenters. The van der Waals surface area contributed by atoms with E-state index in [2.05, 4.69) is 10.3 Å². The van der Waals surface area contributed by atoms with Crippen LogP contribution >= 0.6 is 11.3 Å². The number of carbonyl (C=O) groups excluding carboxylic acids is 1. The molecule has 3 rings (SSSR count). The smallest absolute Gasteiger partial charge is 0.334 e. The number of amides is 1. The highest BCUT2D eigenvalue weighted by atomic mass is 32.1. The third-order valence-corrected chi connectivity index (χ3v) is 5.81. The van der Waals surface area contributed by atoms with E-state index in [1.54, 1.807) is 11.5 Å². The number of hydrogen-bond acceptors (Lipinski definition) is 6. The van der Waals surface area contributed by atoms with Gasteiger partial charge in [0.05, 0.1) is 16.8 Å². The van der Waals surface area contributed by atoms with Gasteiger partial charge in [-0.1, -0.05) is 6.42 Å². The molecule has 1 atom stereocenters. The minimum atomic E-state index is -1.15. The standard InChI is InChI=1S/C17H21N3O5S/c1-9-12-15(19-11-6-4-3-5-7-20(11)16(12)22)26-13(9)14(21)18-8-10(25-2)17(23)24/h10H,3-8H2,1-2H3,(H,18,21)(H,23,24). The van der Waals surface area contributed by atoms with Gasteiger partial charge in [-0.2, -0.15) is 0 Å². The molecule has 2 aromatic heterocycles. The molecule has 0 radical (unpaired) electrons. The molecule has 1 aliphatic rings. The first kappa shape index (κ1) is 18.5. The lowest BCUT2D eigenvalue weighted by Gasteiger charge is -2.11. The third kappa shape index (κ3) is 3.36. The SMILES string of the molecule is COC(CNC(=O)c1sc2nc3n(c(=O)c2c1C)CCCCC3)C(=O)O. The zero-order chi connectivity index (χ0) is 18.8. The van der Waals surface area contributed by atoms with Gasteiger partial charge in [-0.15, -0.1) is 11.3 Å². The van der Waals surface area contributed by atoms with Crippen LogP contribution in [0, 0.1) is 6.92 Å². The number of methoxy groups -OCH3 is 1. The van der Waals surface area contributed by atoms with Gasteiger partial charge in [0.25, 0.3) is 11.5 Å². The van der Waals surface area contributed by atoms with Crippen LogP contribution in [0.15, 0.2) is 4.79 Å². The number of carbonyl (C=O) groups is 2. The Kier molecular flexibility index (Phi) is 5.38. The summed E-state index contributed by atoms with van der Waals surface area (Å²) in [5.74, 6) is -0.795. The van der Waals surface area contributed by atoms with Gasteiger partial charge >= 0.3 is 5.97 Å². The summed E-state index contributed by atoms with van der Waals surface area (Å²) in [6.45, 7) is 2.23. The molecule has 2 aromatic rings. The fourth-order valence-corrected chi connectivity index (χ4v) is 4.27. The normalized spacial score (nSPS) is 15.3. The van der Waals surface area contributed by atoms with Crippen molar-refractivity contribution in [2.75, 3.05) is 13.7 Å². The largest absolute Gasteiger partial charge is 0.479 e. The van der Waals surface area contributed by atoms with Gasteiger partial charge < -0.3 is 15.2 Å². The fraction of sp³-hybridized carbons (Fsp3) is 0.529. The predicted octanol–water partition coefficient (Wildman–Crippen LogP) is 1.32. The molecule has 3 heterocycles. The van der Waals surface area contributed by atoms with Crippen molar-refractivity contribution in [1.82, 2.24) is 14.9 Å². The number of carboxylic acid groups (broad SMARTS) is 1. The van der Waals surface area contributed by atoms with Crippen molar-refractivity contribution in [2.24, 2.45) is 0 Å². The van der Waals surface area contributed by atoms with Crippen LogP contribution < -0.4 is 10.9 Å². The van der Waals surface area contributed by atoms with E-state index in [0.717, 1.165) is 31.5 Å². The van der Waals surface area contributed by atoms with Gasteiger partial charge in [-0.3, -0.25) is 14.2 Å². The molecule has 140 valence electrons. The lowest BCUT2D eigenvalue weighted by molar-refractivity contribution is -0.148. The van der Waals surface area contributed by atoms with Crippen molar-refractivity contribution in [3.8, 4) is 0 Å². The average molecular weight is 379 g/mol. The number of rotatable bonds is 5. The van der Waals surface area contributed by atoms with E-state index in [9.17, 15) is 14.4 Å². The summed E-state index contributed by atoms with van der Waals surface area (Å²) >= 11 is 1.17. The van der Waals surface area contributed by atoms with E-state index in [1.807, 2.05) is 0 Å². The maximum absolute atomic E-state index is 12.9. The van der Waals surface area contributed by atoms with Crippen LogP contribution in [0.5, 0.6) is 0 Å². The van der Waals surface area contributed by atoms with E-state index < -0.39 is 18.0 Å². The topological polar surface area (TPSA) is 111 Å². The summed E-state index contributed by atoms with van der Waals surface area (Å²) in [4.78, 5) is 41.9. The van der Waals surface area contributed by atoms with E-state index >= 15 is 0 Å². The molecule has 0 saturated carbocycles. The highest BCUT2D eigenvalue weighted by Crippen LogP contribution is 2.28. The number of aliphatic carboxylic acids is 1. The van der Waals surface area contributed by atoms with Gasteiger partial charge in [0, 0.05) is 20.1 Å². The van der Waals surface area contributed by atoms with Crippen LogP contribution in [0.2, 0.25) is 0 Å². The first-order valence-electron chi connectivity index (χ1n) is 8.50. The van der Waals surface area contributed by atoms with Crippen molar-refractivity contribution in [1.29, 1.82) is 0 Å². The highest BCUT2D eigenvalue weighted by Gasteiger charge is 2.23. The molecule has 0 spiro atoms. The summed E-state index contributed by atoms with van der Waals surface area (Å²) in [5.41, 5.74) is 0.490. The number of ether oxygens (including phenoxy) is 1. The number of nitrogens with zero attached hydrogens (tertiary/aromatic N) is 2. The fourth-order valence-electron chi connectivity index (χ4n) is 3.16. The number of nitrogens with one attached hydrogen (secondary N) is 1. The number of thiophene rings is 1. The van der Waals surface area contributed by atoms with E-state index in [0.29, 0.717) is 27.2 Å². The molecule has 1 amide bonds. The second-order valence-corrected chi connectivity index (χ2v) is 7.30. The summed E-state index contributed by atoms with van der Waals surface area (Å²) in [6, 6.07) is 0. The van der Waals surface area contributed by atoms with Gasteiger partial charge in [0.1, 0.15) is 10.7 Å². The Morgan fingerprint density at radius 1 is 1.38 bits per heavy atom. The minimum absolute atomic E-state index is 0.0972. The lowest BCUT2D eigenvalue weighted by atomic mass is 10.2. The zero-order valence-corrected chi connectivity index (χ0v) is 15.5. The van der Waals surface area contributed by atoms with Crippen molar-refractivity contribution in [3.63, 3.8) is 0 Å². The van der Waals surface area contributed by atoms with Crippen molar-refractivity contribution >= 4 is 33.4 Å². The molecule has 8 nitrogen and oxygen atoms in total. The average Bonchev–Trinajstić information content (AvgIpc) is 2.78. The van der Waals surface area contributed by atoms with Gasteiger partial charge in [0.2, 0.25) is 0 Å². The Morgan fingerprint density at radius 2 is 2.15 bits per heavy atom. The molecule has 0 aromatic carbocycles. The Balaban J connectivity index is 1.94. The number of aryl methyl sites for hydroxylation is 2. The molecular formula is C17H21N3O5S. The Morgan fingerprint density at radius 3 is 2.85 bits per heavy atom. The first-order valence-corrected chi connectivity index (χ1v) is 9.32. The maximum Gasteiger partial charge on any atom is 0.334 e.